The maximum Gasteiger partial charge on any atom is 0.170 e. The standard InChI is InChI=1S/C14H17N3O/c1-10-5-6-11(13(18)14(2,3)4)12(9-10)17-15-7-8-16-17/h5-9H,1-4H3. The molecule has 2 aromatic rings. The van der Waals surface area contributed by atoms with E-state index in [1.807, 2.05) is 45.9 Å². The van der Waals surface area contributed by atoms with Crippen molar-refractivity contribution >= 4 is 5.78 Å². The Bertz CT molecular complexity index is 565. The van der Waals surface area contributed by atoms with Crippen LogP contribution in [0.15, 0.2) is 30.6 Å². The molecule has 18 heavy (non-hydrogen) atoms. The zero-order valence-electron chi connectivity index (χ0n) is 11.1. The molecule has 0 aliphatic carbocycles. The van der Waals surface area contributed by atoms with Gasteiger partial charge in [-0.05, 0) is 24.6 Å². The van der Waals surface area contributed by atoms with Gasteiger partial charge in [0.05, 0.1) is 18.1 Å². The van der Waals surface area contributed by atoms with E-state index in [1.54, 1.807) is 12.4 Å². The number of aromatic nitrogens is 3. The summed E-state index contributed by atoms with van der Waals surface area (Å²) in [4.78, 5) is 13.9. The van der Waals surface area contributed by atoms with E-state index in [-0.39, 0.29) is 5.78 Å². The summed E-state index contributed by atoms with van der Waals surface area (Å²) in [5.74, 6) is 0.0924. The molecular formula is C14H17N3O. The van der Waals surface area contributed by atoms with Gasteiger partial charge in [0.15, 0.2) is 5.78 Å². The van der Waals surface area contributed by atoms with E-state index in [2.05, 4.69) is 10.2 Å². The molecule has 0 unspecified atom stereocenters. The van der Waals surface area contributed by atoms with Crippen LogP contribution in [0.5, 0.6) is 0 Å². The number of aryl methyl sites for hydroxylation is 1. The predicted octanol–water partition coefficient (Wildman–Crippen LogP) is 2.80. The van der Waals surface area contributed by atoms with Gasteiger partial charge in [-0.15, -0.1) is 0 Å². The second-order valence-electron chi connectivity index (χ2n) is 5.42. The van der Waals surface area contributed by atoms with Gasteiger partial charge in [-0.1, -0.05) is 26.8 Å². The Morgan fingerprint density at radius 2 is 1.78 bits per heavy atom. The van der Waals surface area contributed by atoms with Gasteiger partial charge in [0.1, 0.15) is 0 Å². The van der Waals surface area contributed by atoms with E-state index in [0.717, 1.165) is 11.3 Å². The fourth-order valence-corrected chi connectivity index (χ4v) is 1.74. The summed E-state index contributed by atoms with van der Waals surface area (Å²) >= 11 is 0. The first-order valence-corrected chi connectivity index (χ1v) is 5.92. The van der Waals surface area contributed by atoms with Gasteiger partial charge in [0, 0.05) is 11.0 Å². The fourth-order valence-electron chi connectivity index (χ4n) is 1.74. The number of hydrogen-bond donors (Lipinski definition) is 0. The number of benzene rings is 1. The van der Waals surface area contributed by atoms with Crippen molar-refractivity contribution in [2.45, 2.75) is 27.7 Å². The highest BCUT2D eigenvalue weighted by atomic mass is 16.1. The highest BCUT2D eigenvalue weighted by Gasteiger charge is 2.26. The Hall–Kier alpha value is -1.97. The van der Waals surface area contributed by atoms with Gasteiger partial charge in [0.25, 0.3) is 0 Å². The Labute approximate surface area is 107 Å². The molecule has 94 valence electrons. The lowest BCUT2D eigenvalue weighted by Crippen LogP contribution is -2.22. The smallest absolute Gasteiger partial charge is 0.170 e. The van der Waals surface area contributed by atoms with Crippen LogP contribution in [0, 0.1) is 12.3 Å². The van der Waals surface area contributed by atoms with E-state index < -0.39 is 5.41 Å². The van der Waals surface area contributed by atoms with E-state index in [1.165, 1.54) is 4.80 Å². The third kappa shape index (κ3) is 2.32. The first kappa shape index (κ1) is 12.5. The Kier molecular flexibility index (Phi) is 3.03. The summed E-state index contributed by atoms with van der Waals surface area (Å²) in [5.41, 5.74) is 2.05. The molecule has 4 nitrogen and oxygen atoms in total. The molecule has 0 aliphatic heterocycles. The molecule has 1 aromatic carbocycles. The lowest BCUT2D eigenvalue weighted by molar-refractivity contribution is 0.0858. The van der Waals surface area contributed by atoms with Crippen LogP contribution < -0.4 is 0 Å². The van der Waals surface area contributed by atoms with Crippen LogP contribution in [0.3, 0.4) is 0 Å². The lowest BCUT2D eigenvalue weighted by Gasteiger charge is -2.18. The Balaban J connectivity index is 2.58. The van der Waals surface area contributed by atoms with Crippen molar-refractivity contribution in [3.8, 4) is 5.69 Å². The summed E-state index contributed by atoms with van der Waals surface area (Å²) in [6, 6.07) is 5.71. The molecule has 1 heterocycles. The van der Waals surface area contributed by atoms with Gasteiger partial charge in [-0.25, -0.2) is 0 Å². The molecule has 0 atom stereocenters. The first-order valence-electron chi connectivity index (χ1n) is 5.92. The van der Waals surface area contributed by atoms with E-state index in [0.29, 0.717) is 5.56 Å². The Morgan fingerprint density at radius 1 is 1.17 bits per heavy atom. The number of carbonyl (C=O) groups is 1. The highest BCUT2D eigenvalue weighted by Crippen LogP contribution is 2.25. The van der Waals surface area contributed by atoms with Gasteiger partial charge >= 0.3 is 0 Å². The summed E-state index contributed by atoms with van der Waals surface area (Å²) in [6.45, 7) is 7.72. The molecule has 0 spiro atoms. The molecule has 0 aliphatic rings. The van der Waals surface area contributed by atoms with Crippen molar-refractivity contribution in [2.24, 2.45) is 5.41 Å². The molecule has 0 saturated heterocycles. The summed E-state index contributed by atoms with van der Waals surface area (Å²) in [5, 5.41) is 8.21. The number of carbonyl (C=O) groups excluding carboxylic acids is 1. The molecule has 0 N–H and O–H groups in total. The highest BCUT2D eigenvalue weighted by molar-refractivity contribution is 6.02. The quantitative estimate of drug-likeness (QED) is 0.762. The third-order valence-electron chi connectivity index (χ3n) is 2.71. The van der Waals surface area contributed by atoms with Crippen molar-refractivity contribution < 1.29 is 4.79 Å². The minimum atomic E-state index is -0.419. The largest absolute Gasteiger partial charge is 0.294 e. The molecule has 0 bridgehead atoms. The normalized spacial score (nSPS) is 11.6. The number of Topliss-reactive ketones (excluding diaryl/α,β-unsaturated/α-hetero) is 1. The molecule has 2 rings (SSSR count). The van der Waals surface area contributed by atoms with Crippen LogP contribution in [-0.4, -0.2) is 20.8 Å². The summed E-state index contributed by atoms with van der Waals surface area (Å²) in [6.07, 6.45) is 3.21. The van der Waals surface area contributed by atoms with E-state index in [4.69, 9.17) is 0 Å². The van der Waals surface area contributed by atoms with Crippen LogP contribution in [0.1, 0.15) is 36.7 Å². The molecule has 0 radical (unpaired) electrons. The van der Waals surface area contributed by atoms with Crippen molar-refractivity contribution in [3.63, 3.8) is 0 Å². The number of rotatable bonds is 2. The second kappa shape index (κ2) is 4.37. The molecule has 0 amide bonds. The maximum atomic E-state index is 12.4. The molecule has 4 heteroatoms. The zero-order chi connectivity index (χ0) is 13.3. The van der Waals surface area contributed by atoms with E-state index >= 15 is 0 Å². The van der Waals surface area contributed by atoms with E-state index in [9.17, 15) is 4.79 Å². The van der Waals surface area contributed by atoms with Crippen molar-refractivity contribution in [1.29, 1.82) is 0 Å². The van der Waals surface area contributed by atoms with Crippen molar-refractivity contribution in [3.05, 3.63) is 41.7 Å². The SMILES string of the molecule is Cc1ccc(C(=O)C(C)(C)C)c(-n2nccn2)c1. The lowest BCUT2D eigenvalue weighted by atomic mass is 9.85. The average molecular weight is 243 g/mol. The predicted molar refractivity (Wildman–Crippen MR) is 69.9 cm³/mol. The molecular weight excluding hydrogens is 226 g/mol. The minimum absolute atomic E-state index is 0.0924. The summed E-state index contributed by atoms with van der Waals surface area (Å²) < 4.78 is 0. The van der Waals surface area contributed by atoms with Crippen molar-refractivity contribution in [2.75, 3.05) is 0 Å². The second-order valence-corrected chi connectivity index (χ2v) is 5.42. The fraction of sp³-hybridized carbons (Fsp3) is 0.357. The van der Waals surface area contributed by atoms with Gasteiger partial charge in [-0.3, -0.25) is 4.79 Å². The van der Waals surface area contributed by atoms with Crippen LogP contribution in [-0.2, 0) is 0 Å². The van der Waals surface area contributed by atoms with Gasteiger partial charge in [-0.2, -0.15) is 15.0 Å². The van der Waals surface area contributed by atoms with Crippen LogP contribution in [0.4, 0.5) is 0 Å². The zero-order valence-corrected chi connectivity index (χ0v) is 11.1. The third-order valence-corrected chi connectivity index (χ3v) is 2.71. The number of hydrogen-bond acceptors (Lipinski definition) is 3. The van der Waals surface area contributed by atoms with Gasteiger partial charge < -0.3 is 0 Å². The maximum absolute atomic E-state index is 12.4. The summed E-state index contributed by atoms with van der Waals surface area (Å²) in [7, 11) is 0. The Morgan fingerprint density at radius 3 is 2.33 bits per heavy atom. The van der Waals surface area contributed by atoms with Crippen LogP contribution >= 0.6 is 0 Å². The number of nitrogens with zero attached hydrogens (tertiary/aromatic N) is 3. The minimum Gasteiger partial charge on any atom is -0.294 e. The van der Waals surface area contributed by atoms with Gasteiger partial charge in [0.2, 0.25) is 0 Å². The molecule has 0 fully saturated rings. The van der Waals surface area contributed by atoms with Crippen LogP contribution in [0.25, 0.3) is 5.69 Å². The monoisotopic (exact) mass is 243 g/mol. The average Bonchev–Trinajstić information content (AvgIpc) is 2.80. The molecule has 0 saturated carbocycles. The number of ketones is 1. The van der Waals surface area contributed by atoms with Crippen LogP contribution in [0.2, 0.25) is 0 Å². The first-order chi connectivity index (χ1) is 8.39. The van der Waals surface area contributed by atoms with Crippen molar-refractivity contribution in [1.82, 2.24) is 15.0 Å². The molecule has 1 aromatic heterocycles. The topological polar surface area (TPSA) is 47.8 Å².